The molecule has 1 aromatic heterocycles. The minimum Gasteiger partial charge on any atom is -0.477 e. The number of hydrogen-bond acceptors (Lipinski definition) is 3. The Labute approximate surface area is 165 Å². The minimum absolute atomic E-state index is 0.105. The van der Waals surface area contributed by atoms with Crippen LogP contribution in [0.2, 0.25) is 0 Å². The predicted octanol–water partition coefficient (Wildman–Crippen LogP) is 5.87. The lowest BCUT2D eigenvalue weighted by Crippen LogP contribution is -2.24. The molecule has 29 heavy (non-hydrogen) atoms. The summed E-state index contributed by atoms with van der Waals surface area (Å²) in [5, 5.41) is 9.45. The fraction of sp³-hybridized carbons (Fsp3) is 0.429. The molecule has 2 aromatic rings. The number of pyridine rings is 1. The maximum Gasteiger partial charge on any atom is 0.417 e. The summed E-state index contributed by atoms with van der Waals surface area (Å²) in [6.45, 7) is 3.23. The smallest absolute Gasteiger partial charge is 0.417 e. The van der Waals surface area contributed by atoms with Crippen molar-refractivity contribution in [1.82, 2.24) is 4.98 Å². The summed E-state index contributed by atoms with van der Waals surface area (Å²) in [7, 11) is 0. The van der Waals surface area contributed by atoms with Crippen LogP contribution in [0.1, 0.15) is 54.1 Å². The molecular formula is C21H21F4NO3. The number of carbonyl (C=O) groups is 1. The normalized spacial score (nSPS) is 16.1. The van der Waals surface area contributed by atoms with Crippen LogP contribution in [0.4, 0.5) is 17.6 Å². The molecular weight excluding hydrogens is 390 g/mol. The van der Waals surface area contributed by atoms with Crippen molar-refractivity contribution in [2.45, 2.75) is 51.8 Å². The van der Waals surface area contributed by atoms with Crippen LogP contribution in [0.15, 0.2) is 24.3 Å². The van der Waals surface area contributed by atoms with Crippen molar-refractivity contribution in [2.24, 2.45) is 5.92 Å². The van der Waals surface area contributed by atoms with E-state index in [1.54, 1.807) is 6.92 Å². The number of aromatic nitrogens is 1. The van der Waals surface area contributed by atoms with Gasteiger partial charge in [-0.05, 0) is 50.3 Å². The van der Waals surface area contributed by atoms with Gasteiger partial charge in [0.25, 0.3) is 0 Å². The summed E-state index contributed by atoms with van der Waals surface area (Å²) in [4.78, 5) is 15.7. The van der Waals surface area contributed by atoms with Gasteiger partial charge in [0, 0.05) is 5.56 Å². The zero-order valence-corrected chi connectivity index (χ0v) is 16.0. The number of carboxylic acids is 1. The first-order chi connectivity index (χ1) is 13.6. The highest BCUT2D eigenvalue weighted by atomic mass is 19.4. The number of hydrogen-bond donors (Lipinski definition) is 1. The molecule has 156 valence electrons. The van der Waals surface area contributed by atoms with Crippen LogP contribution in [0.5, 0.6) is 5.88 Å². The molecule has 1 heterocycles. The molecule has 4 nitrogen and oxygen atoms in total. The van der Waals surface area contributed by atoms with E-state index in [-0.39, 0.29) is 17.2 Å². The molecule has 1 unspecified atom stereocenters. The van der Waals surface area contributed by atoms with Gasteiger partial charge in [-0.15, -0.1) is 0 Å². The molecule has 3 rings (SSSR count). The molecule has 8 heteroatoms. The molecule has 0 radical (unpaired) electrons. The summed E-state index contributed by atoms with van der Waals surface area (Å²) in [6, 6.07) is 4.56. The Kier molecular flexibility index (Phi) is 5.82. The van der Waals surface area contributed by atoms with Crippen LogP contribution in [-0.2, 0) is 6.18 Å². The van der Waals surface area contributed by atoms with E-state index in [0.29, 0.717) is 11.6 Å². The lowest BCUT2D eigenvalue weighted by Gasteiger charge is -2.23. The van der Waals surface area contributed by atoms with Gasteiger partial charge in [0.2, 0.25) is 5.88 Å². The van der Waals surface area contributed by atoms with Gasteiger partial charge in [0.1, 0.15) is 17.5 Å². The molecule has 0 spiro atoms. The molecule has 0 bridgehead atoms. The number of rotatable bonds is 5. The van der Waals surface area contributed by atoms with Gasteiger partial charge >= 0.3 is 12.1 Å². The van der Waals surface area contributed by atoms with Crippen molar-refractivity contribution in [2.75, 3.05) is 0 Å². The predicted molar refractivity (Wildman–Crippen MR) is 98.4 cm³/mol. The Morgan fingerprint density at radius 2 is 1.90 bits per heavy atom. The summed E-state index contributed by atoms with van der Waals surface area (Å²) in [5.74, 6) is -2.85. The van der Waals surface area contributed by atoms with Crippen LogP contribution in [0, 0.1) is 18.7 Å². The van der Waals surface area contributed by atoms with Crippen LogP contribution in [0.3, 0.4) is 0 Å². The fourth-order valence-corrected chi connectivity index (χ4v) is 3.64. The monoisotopic (exact) mass is 411 g/mol. The van der Waals surface area contributed by atoms with Crippen LogP contribution in [0.25, 0.3) is 11.3 Å². The van der Waals surface area contributed by atoms with Crippen molar-refractivity contribution < 1.29 is 32.2 Å². The van der Waals surface area contributed by atoms with Crippen LogP contribution >= 0.6 is 0 Å². The number of alkyl halides is 3. The zero-order chi connectivity index (χ0) is 21.3. The van der Waals surface area contributed by atoms with Gasteiger partial charge in [-0.25, -0.2) is 14.2 Å². The van der Waals surface area contributed by atoms with E-state index in [0.717, 1.165) is 31.7 Å². The average Bonchev–Trinajstić information content (AvgIpc) is 3.17. The Balaban J connectivity index is 2.14. The van der Waals surface area contributed by atoms with Crippen molar-refractivity contribution in [1.29, 1.82) is 0 Å². The van der Waals surface area contributed by atoms with E-state index in [4.69, 9.17) is 4.74 Å². The summed E-state index contributed by atoms with van der Waals surface area (Å²) in [5.41, 5.74) is -2.16. The summed E-state index contributed by atoms with van der Waals surface area (Å²) >= 11 is 0. The molecule has 1 aliphatic rings. The number of halogens is 4. The molecule has 1 fully saturated rings. The van der Waals surface area contributed by atoms with Gasteiger partial charge in [-0.2, -0.15) is 13.2 Å². The Morgan fingerprint density at radius 1 is 1.24 bits per heavy atom. The van der Waals surface area contributed by atoms with Crippen LogP contribution < -0.4 is 4.74 Å². The first-order valence-corrected chi connectivity index (χ1v) is 9.36. The summed E-state index contributed by atoms with van der Waals surface area (Å²) < 4.78 is 60.5. The highest BCUT2D eigenvalue weighted by Gasteiger charge is 2.39. The maximum atomic E-state index is 13.9. The third-order valence-electron chi connectivity index (χ3n) is 5.33. The van der Waals surface area contributed by atoms with E-state index in [1.165, 1.54) is 19.1 Å². The first kappa shape index (κ1) is 21.1. The Hall–Kier alpha value is -2.64. The number of benzene rings is 1. The number of nitrogens with zero attached hydrogens (tertiary/aromatic N) is 1. The second-order valence-electron chi connectivity index (χ2n) is 7.37. The van der Waals surface area contributed by atoms with Gasteiger partial charge < -0.3 is 9.84 Å². The van der Waals surface area contributed by atoms with E-state index in [2.05, 4.69) is 4.98 Å². The second kappa shape index (κ2) is 8.00. The van der Waals surface area contributed by atoms with E-state index in [1.807, 2.05) is 0 Å². The minimum atomic E-state index is -4.94. The third kappa shape index (κ3) is 4.52. The molecule has 0 saturated heterocycles. The van der Waals surface area contributed by atoms with Crippen LogP contribution in [-0.4, -0.2) is 22.2 Å². The largest absolute Gasteiger partial charge is 0.477 e. The van der Waals surface area contributed by atoms with Gasteiger partial charge in [0.15, 0.2) is 0 Å². The third-order valence-corrected chi connectivity index (χ3v) is 5.33. The Bertz CT molecular complexity index is 921. The van der Waals surface area contributed by atoms with E-state index in [9.17, 15) is 27.5 Å². The molecule has 0 amide bonds. The number of ether oxygens (including phenoxy) is 1. The molecule has 1 aliphatic carbocycles. The lowest BCUT2D eigenvalue weighted by atomic mass is 10.0. The highest BCUT2D eigenvalue weighted by molar-refractivity contribution is 5.93. The van der Waals surface area contributed by atoms with Crippen molar-refractivity contribution in [3.63, 3.8) is 0 Å². The number of carboxylic acid groups (broad SMARTS) is 1. The number of aryl methyl sites for hydroxylation is 1. The van der Waals surface area contributed by atoms with Gasteiger partial charge in [0.05, 0.1) is 11.3 Å². The SMILES string of the molecule is Cc1ccc(-c2cc(C(F)(F)F)c(C(=O)O)c(OC(C)C3CCCC3)n2)cc1F. The highest BCUT2D eigenvalue weighted by Crippen LogP contribution is 2.39. The molecule has 1 aromatic carbocycles. The van der Waals surface area contributed by atoms with E-state index >= 15 is 0 Å². The van der Waals surface area contributed by atoms with E-state index < -0.39 is 41.1 Å². The standard InChI is InChI=1S/C21H21F4NO3/c1-11-7-8-14(9-16(11)22)17-10-15(21(23,24)25)18(20(27)28)19(26-17)29-12(2)13-5-3-4-6-13/h7-10,12-13H,3-6H2,1-2H3,(H,27,28). The lowest BCUT2D eigenvalue weighted by molar-refractivity contribution is -0.138. The number of aromatic carboxylic acids is 1. The quantitative estimate of drug-likeness (QED) is 0.625. The second-order valence-corrected chi connectivity index (χ2v) is 7.37. The first-order valence-electron chi connectivity index (χ1n) is 9.36. The van der Waals surface area contributed by atoms with Gasteiger partial charge in [-0.3, -0.25) is 0 Å². The zero-order valence-electron chi connectivity index (χ0n) is 16.0. The summed E-state index contributed by atoms with van der Waals surface area (Å²) in [6.07, 6.45) is -1.73. The molecule has 1 N–H and O–H groups in total. The Morgan fingerprint density at radius 3 is 2.45 bits per heavy atom. The molecule has 1 atom stereocenters. The molecule has 0 aliphatic heterocycles. The average molecular weight is 411 g/mol. The van der Waals surface area contributed by atoms with Crippen molar-refractivity contribution in [3.05, 3.63) is 46.8 Å². The topological polar surface area (TPSA) is 59.4 Å². The fourth-order valence-electron chi connectivity index (χ4n) is 3.64. The van der Waals surface area contributed by atoms with Crippen molar-refractivity contribution >= 4 is 5.97 Å². The maximum absolute atomic E-state index is 13.9. The van der Waals surface area contributed by atoms with Crippen molar-refractivity contribution in [3.8, 4) is 17.1 Å². The molecule has 1 saturated carbocycles. The van der Waals surface area contributed by atoms with Gasteiger partial charge in [-0.1, -0.05) is 25.0 Å².